The van der Waals surface area contributed by atoms with Crippen LogP contribution in [0.5, 0.6) is 0 Å². The van der Waals surface area contributed by atoms with Gasteiger partial charge in [0.25, 0.3) is 0 Å². The number of aromatic nitrogens is 1. The molecule has 0 unspecified atom stereocenters. The SMILES string of the molecule is Cc1cc2c(CCc3sc4cc(C(F)(F)F)ccc4c3C(C)C)noc2cc1CCCO. The molecule has 0 radical (unpaired) electrons. The zero-order valence-electron chi connectivity index (χ0n) is 18.3. The Morgan fingerprint density at radius 1 is 1.06 bits per heavy atom. The molecule has 32 heavy (non-hydrogen) atoms. The minimum atomic E-state index is -4.34. The first-order valence-corrected chi connectivity index (χ1v) is 11.6. The maximum Gasteiger partial charge on any atom is 0.416 e. The number of rotatable bonds is 7. The molecule has 170 valence electrons. The van der Waals surface area contributed by atoms with E-state index >= 15 is 0 Å². The van der Waals surface area contributed by atoms with Gasteiger partial charge in [-0.25, -0.2) is 0 Å². The van der Waals surface area contributed by atoms with E-state index in [0.717, 1.165) is 50.0 Å². The van der Waals surface area contributed by atoms with Crippen LogP contribution in [0.3, 0.4) is 0 Å². The predicted octanol–water partition coefficient (Wildman–Crippen LogP) is 7.20. The van der Waals surface area contributed by atoms with Crippen LogP contribution in [0.4, 0.5) is 13.2 Å². The van der Waals surface area contributed by atoms with Crippen LogP contribution in [-0.2, 0) is 25.4 Å². The summed E-state index contributed by atoms with van der Waals surface area (Å²) in [5.74, 6) is 0.209. The van der Waals surface area contributed by atoms with Crippen LogP contribution >= 0.6 is 11.3 Å². The molecule has 0 atom stereocenters. The van der Waals surface area contributed by atoms with Gasteiger partial charge >= 0.3 is 6.18 Å². The van der Waals surface area contributed by atoms with Crippen molar-refractivity contribution in [3.05, 3.63) is 63.2 Å². The topological polar surface area (TPSA) is 46.3 Å². The highest BCUT2D eigenvalue weighted by molar-refractivity contribution is 7.19. The number of thiophene rings is 1. The third-order valence-electron chi connectivity index (χ3n) is 5.91. The smallest absolute Gasteiger partial charge is 0.396 e. The summed E-state index contributed by atoms with van der Waals surface area (Å²) in [5.41, 5.74) is 4.38. The van der Waals surface area contributed by atoms with E-state index in [1.165, 1.54) is 23.5 Å². The third kappa shape index (κ3) is 4.41. The number of nitrogens with zero attached hydrogens (tertiary/aromatic N) is 1. The molecule has 4 aromatic rings. The Hall–Kier alpha value is -2.38. The van der Waals surface area contributed by atoms with Crippen LogP contribution in [0.15, 0.2) is 34.9 Å². The first-order chi connectivity index (χ1) is 15.2. The molecule has 0 bridgehead atoms. The van der Waals surface area contributed by atoms with Crippen molar-refractivity contribution in [3.8, 4) is 0 Å². The van der Waals surface area contributed by atoms with Crippen molar-refractivity contribution in [2.24, 2.45) is 0 Å². The lowest BCUT2D eigenvalue weighted by atomic mass is 9.96. The lowest BCUT2D eigenvalue weighted by Gasteiger charge is -2.09. The normalized spacial score (nSPS) is 12.5. The molecule has 7 heteroatoms. The van der Waals surface area contributed by atoms with E-state index in [2.05, 4.69) is 25.1 Å². The molecule has 0 saturated carbocycles. The summed E-state index contributed by atoms with van der Waals surface area (Å²) in [6, 6.07) is 8.12. The van der Waals surface area contributed by atoms with Crippen molar-refractivity contribution in [3.63, 3.8) is 0 Å². The van der Waals surface area contributed by atoms with Gasteiger partial charge in [0.15, 0.2) is 5.58 Å². The van der Waals surface area contributed by atoms with E-state index < -0.39 is 11.7 Å². The molecule has 0 saturated heterocycles. The Labute approximate surface area is 188 Å². The van der Waals surface area contributed by atoms with Crippen molar-refractivity contribution in [2.45, 2.75) is 58.5 Å². The maximum absolute atomic E-state index is 13.2. The molecule has 3 nitrogen and oxygen atoms in total. The second kappa shape index (κ2) is 8.87. The van der Waals surface area contributed by atoms with Crippen LogP contribution in [-0.4, -0.2) is 16.9 Å². The van der Waals surface area contributed by atoms with Gasteiger partial charge in [-0.1, -0.05) is 25.1 Å². The van der Waals surface area contributed by atoms with Crippen molar-refractivity contribution < 1.29 is 22.8 Å². The number of hydrogen-bond acceptors (Lipinski definition) is 4. The first-order valence-electron chi connectivity index (χ1n) is 10.8. The molecule has 1 N–H and O–H groups in total. The Morgan fingerprint density at radius 3 is 2.53 bits per heavy atom. The Balaban J connectivity index is 1.64. The predicted molar refractivity (Wildman–Crippen MR) is 122 cm³/mol. The molecule has 2 aromatic carbocycles. The number of hydrogen-bond donors (Lipinski definition) is 1. The van der Waals surface area contributed by atoms with Gasteiger partial charge in [-0.15, -0.1) is 11.3 Å². The third-order valence-corrected chi connectivity index (χ3v) is 7.13. The van der Waals surface area contributed by atoms with Gasteiger partial charge < -0.3 is 9.63 Å². The standard InChI is InChI=1S/C25H26F3NO2S/c1-14(2)24-18-7-6-17(25(26,27)28)13-23(18)32-22(24)9-8-20-19-11-15(3)16(5-4-10-30)12-21(19)31-29-20/h6-7,11-14,30H,4-5,8-10H2,1-3H3. The van der Waals surface area contributed by atoms with E-state index in [-0.39, 0.29) is 12.5 Å². The number of alkyl halides is 3. The van der Waals surface area contributed by atoms with Crippen LogP contribution < -0.4 is 0 Å². The second-order valence-electron chi connectivity index (χ2n) is 8.53. The van der Waals surface area contributed by atoms with Gasteiger partial charge in [-0.3, -0.25) is 0 Å². The Kier molecular flexibility index (Phi) is 6.32. The Bertz CT molecular complexity index is 1250. The van der Waals surface area contributed by atoms with Gasteiger partial charge in [-0.05, 0) is 84.9 Å². The van der Waals surface area contributed by atoms with Gasteiger partial charge in [0.1, 0.15) is 0 Å². The number of benzene rings is 2. The van der Waals surface area contributed by atoms with Crippen LogP contribution in [0.2, 0.25) is 0 Å². The lowest BCUT2D eigenvalue weighted by molar-refractivity contribution is -0.137. The summed E-state index contributed by atoms with van der Waals surface area (Å²) < 4.78 is 45.7. The average Bonchev–Trinajstić information content (AvgIpc) is 3.29. The van der Waals surface area contributed by atoms with Crippen molar-refractivity contribution in [1.82, 2.24) is 5.16 Å². The molecule has 0 amide bonds. The summed E-state index contributed by atoms with van der Waals surface area (Å²) >= 11 is 1.44. The highest BCUT2D eigenvalue weighted by Gasteiger charge is 2.31. The molecule has 2 aromatic heterocycles. The number of fused-ring (bicyclic) bond motifs is 2. The molecular weight excluding hydrogens is 435 g/mol. The second-order valence-corrected chi connectivity index (χ2v) is 9.67. The molecule has 2 heterocycles. The molecule has 0 aliphatic heterocycles. The fraction of sp³-hybridized carbons (Fsp3) is 0.400. The molecule has 0 fully saturated rings. The summed E-state index contributed by atoms with van der Waals surface area (Å²) in [5, 5.41) is 15.3. The zero-order chi connectivity index (χ0) is 23.0. The van der Waals surface area contributed by atoms with Gasteiger partial charge in [0.2, 0.25) is 0 Å². The van der Waals surface area contributed by atoms with Crippen LogP contribution in [0.1, 0.15) is 59.0 Å². The van der Waals surface area contributed by atoms with Crippen molar-refractivity contribution in [2.75, 3.05) is 6.61 Å². The number of aliphatic hydroxyl groups is 1. The summed E-state index contributed by atoms with van der Waals surface area (Å²) in [6.45, 7) is 6.35. The molecule has 4 rings (SSSR count). The molecule has 0 aliphatic carbocycles. The van der Waals surface area contributed by atoms with Gasteiger partial charge in [0.05, 0.1) is 11.3 Å². The minimum Gasteiger partial charge on any atom is -0.396 e. The average molecular weight is 462 g/mol. The highest BCUT2D eigenvalue weighted by atomic mass is 32.1. The number of aryl methyl sites for hydroxylation is 4. The molecule has 0 aliphatic rings. The highest BCUT2D eigenvalue weighted by Crippen LogP contribution is 2.40. The quantitative estimate of drug-likeness (QED) is 0.316. The lowest BCUT2D eigenvalue weighted by Crippen LogP contribution is -2.03. The zero-order valence-corrected chi connectivity index (χ0v) is 19.2. The van der Waals surface area contributed by atoms with E-state index in [9.17, 15) is 13.2 Å². The number of aliphatic hydroxyl groups excluding tert-OH is 1. The monoisotopic (exact) mass is 461 g/mol. The van der Waals surface area contributed by atoms with E-state index in [4.69, 9.17) is 9.63 Å². The van der Waals surface area contributed by atoms with Crippen molar-refractivity contribution in [1.29, 1.82) is 0 Å². The van der Waals surface area contributed by atoms with E-state index in [0.29, 0.717) is 24.0 Å². The van der Waals surface area contributed by atoms with E-state index in [1.54, 1.807) is 6.07 Å². The van der Waals surface area contributed by atoms with Gasteiger partial charge in [0, 0.05) is 21.6 Å². The number of halogens is 3. The minimum absolute atomic E-state index is 0.150. The maximum atomic E-state index is 13.2. The molecular formula is C25H26F3NO2S. The summed E-state index contributed by atoms with van der Waals surface area (Å²) in [6.07, 6.45) is -1.51. The van der Waals surface area contributed by atoms with Gasteiger partial charge in [-0.2, -0.15) is 13.2 Å². The van der Waals surface area contributed by atoms with E-state index in [1.807, 2.05) is 13.0 Å². The van der Waals surface area contributed by atoms with Crippen LogP contribution in [0, 0.1) is 6.92 Å². The Morgan fingerprint density at radius 2 is 1.84 bits per heavy atom. The van der Waals surface area contributed by atoms with Crippen LogP contribution in [0.25, 0.3) is 21.1 Å². The first kappa shape index (κ1) is 22.8. The van der Waals surface area contributed by atoms with Crippen molar-refractivity contribution >= 4 is 32.4 Å². The largest absolute Gasteiger partial charge is 0.416 e. The fourth-order valence-corrected chi connectivity index (χ4v) is 5.70. The summed E-state index contributed by atoms with van der Waals surface area (Å²) in [4.78, 5) is 1.10. The molecule has 0 spiro atoms. The fourth-order valence-electron chi connectivity index (χ4n) is 4.30. The summed E-state index contributed by atoms with van der Waals surface area (Å²) in [7, 11) is 0.